The molecule has 1 unspecified atom stereocenters. The Balaban J connectivity index is 5.96. The third-order valence-electron chi connectivity index (χ3n) is 3.80. The highest BCUT2D eigenvalue weighted by atomic mass is 79.9. The first-order chi connectivity index (χ1) is 10.2. The smallest absolute Gasteiger partial charge is 0.199 e. The minimum absolute atomic E-state index is 0.0216. The van der Waals surface area contributed by atoms with Gasteiger partial charge in [0.1, 0.15) is 5.60 Å². The van der Waals surface area contributed by atoms with Gasteiger partial charge in [-0.1, -0.05) is 61.5 Å². The topological polar surface area (TPSA) is 9.23 Å². The lowest BCUT2D eigenvalue weighted by molar-refractivity contribution is 0.0275. The molecule has 1 atom stereocenters. The van der Waals surface area contributed by atoms with Crippen LogP contribution in [0.25, 0.3) is 0 Å². The minimum atomic E-state index is -1.81. The lowest BCUT2D eigenvalue weighted by Gasteiger charge is -2.44. The van der Waals surface area contributed by atoms with Crippen LogP contribution in [0.2, 0.25) is 13.1 Å². The summed E-state index contributed by atoms with van der Waals surface area (Å²) in [6, 6.07) is 0. The van der Waals surface area contributed by atoms with E-state index >= 15 is 0 Å². The molecule has 0 heterocycles. The van der Waals surface area contributed by atoms with E-state index in [4.69, 9.17) is 4.43 Å². The fraction of sp³-hybridized carbons (Fsp3) is 0.800. The van der Waals surface area contributed by atoms with E-state index in [1.807, 2.05) is 6.08 Å². The first kappa shape index (κ1) is 23.0. The lowest BCUT2D eigenvalue weighted by atomic mass is 9.73. The van der Waals surface area contributed by atoms with E-state index in [1.165, 1.54) is 0 Å². The van der Waals surface area contributed by atoms with Crippen molar-refractivity contribution in [1.29, 1.82) is 0 Å². The SMILES string of the molecule is C=CCC(C)(C)CC(C#CC(C)(C)C)(O[Si](C)(C)CBr)C(C)C. The molecule has 0 saturated carbocycles. The number of alkyl halides is 1. The van der Waals surface area contributed by atoms with Crippen LogP contribution in [0, 0.1) is 28.6 Å². The summed E-state index contributed by atoms with van der Waals surface area (Å²) in [5, 5.41) is 0. The molecule has 0 N–H and O–H groups in total. The van der Waals surface area contributed by atoms with Crippen LogP contribution in [0.5, 0.6) is 0 Å². The zero-order chi connectivity index (χ0) is 18.5. The second-order valence-electron chi connectivity index (χ2n) is 9.37. The van der Waals surface area contributed by atoms with Gasteiger partial charge in [-0.05, 0) is 58.0 Å². The third kappa shape index (κ3) is 8.56. The maximum atomic E-state index is 6.80. The van der Waals surface area contributed by atoms with Crippen molar-refractivity contribution >= 4 is 24.2 Å². The van der Waals surface area contributed by atoms with Crippen molar-refractivity contribution in [2.75, 3.05) is 4.95 Å². The Morgan fingerprint density at radius 3 is 2.00 bits per heavy atom. The van der Waals surface area contributed by atoms with E-state index in [0.717, 1.165) is 17.8 Å². The predicted octanol–water partition coefficient (Wildman–Crippen LogP) is 6.58. The molecule has 0 aliphatic carbocycles. The Hall–Kier alpha value is -0.0431. The van der Waals surface area contributed by atoms with Gasteiger partial charge < -0.3 is 4.43 Å². The van der Waals surface area contributed by atoms with E-state index in [2.05, 4.69) is 95.9 Å². The molecule has 23 heavy (non-hydrogen) atoms. The Labute approximate surface area is 154 Å². The zero-order valence-corrected chi connectivity index (χ0v) is 19.4. The summed E-state index contributed by atoms with van der Waals surface area (Å²) in [5.41, 5.74) is -0.301. The molecular formula is C20H37BrOSi. The van der Waals surface area contributed by atoms with E-state index in [1.54, 1.807) is 0 Å². The van der Waals surface area contributed by atoms with Crippen molar-refractivity contribution in [1.82, 2.24) is 0 Å². The van der Waals surface area contributed by atoms with Crippen LogP contribution >= 0.6 is 15.9 Å². The highest BCUT2D eigenvalue weighted by Crippen LogP contribution is 2.40. The van der Waals surface area contributed by atoms with Gasteiger partial charge in [0.2, 0.25) is 0 Å². The van der Waals surface area contributed by atoms with Crippen molar-refractivity contribution in [2.45, 2.75) is 80.0 Å². The van der Waals surface area contributed by atoms with Crippen molar-refractivity contribution in [3.05, 3.63) is 12.7 Å². The van der Waals surface area contributed by atoms with E-state index in [-0.39, 0.29) is 10.8 Å². The Kier molecular flexibility index (Phi) is 8.35. The molecule has 1 nitrogen and oxygen atoms in total. The van der Waals surface area contributed by atoms with Gasteiger partial charge in [-0.25, -0.2) is 0 Å². The van der Waals surface area contributed by atoms with E-state index < -0.39 is 13.9 Å². The van der Waals surface area contributed by atoms with Gasteiger partial charge >= 0.3 is 0 Å². The molecule has 0 aromatic rings. The van der Waals surface area contributed by atoms with Crippen LogP contribution in [0.1, 0.15) is 61.3 Å². The van der Waals surface area contributed by atoms with E-state index in [9.17, 15) is 0 Å². The molecule has 0 aromatic heterocycles. The third-order valence-corrected chi connectivity index (χ3v) is 9.41. The Bertz CT molecular complexity index is 448. The molecule has 3 heteroatoms. The van der Waals surface area contributed by atoms with Crippen LogP contribution in [0.4, 0.5) is 0 Å². The molecule has 0 radical (unpaired) electrons. The summed E-state index contributed by atoms with van der Waals surface area (Å²) in [4.78, 5) is 0.924. The summed E-state index contributed by atoms with van der Waals surface area (Å²) in [5.74, 6) is 7.39. The lowest BCUT2D eigenvalue weighted by Crippen LogP contribution is -2.50. The van der Waals surface area contributed by atoms with Gasteiger partial charge in [-0.3, -0.25) is 0 Å². The van der Waals surface area contributed by atoms with Crippen LogP contribution in [0.15, 0.2) is 12.7 Å². The average Bonchev–Trinajstić information content (AvgIpc) is 2.34. The van der Waals surface area contributed by atoms with Crippen LogP contribution in [-0.4, -0.2) is 18.9 Å². The van der Waals surface area contributed by atoms with Crippen molar-refractivity contribution in [3.63, 3.8) is 0 Å². The summed E-state index contributed by atoms with van der Waals surface area (Å²) in [6.45, 7) is 24.0. The molecule has 0 rings (SSSR count). The van der Waals surface area contributed by atoms with Crippen LogP contribution < -0.4 is 0 Å². The quantitative estimate of drug-likeness (QED) is 0.193. The second kappa shape index (κ2) is 8.36. The number of hydrogen-bond acceptors (Lipinski definition) is 1. The van der Waals surface area contributed by atoms with Gasteiger partial charge in [0.25, 0.3) is 0 Å². The molecule has 0 aromatic carbocycles. The fourth-order valence-electron chi connectivity index (χ4n) is 2.56. The normalized spacial score (nSPS) is 15.8. The van der Waals surface area contributed by atoms with Crippen LogP contribution in [0.3, 0.4) is 0 Å². The monoisotopic (exact) mass is 400 g/mol. The highest BCUT2D eigenvalue weighted by molar-refractivity contribution is 9.09. The first-order valence-electron chi connectivity index (χ1n) is 8.60. The minimum Gasteiger partial charge on any atom is -0.400 e. The van der Waals surface area contributed by atoms with Gasteiger partial charge in [0, 0.05) is 10.4 Å². The summed E-state index contributed by atoms with van der Waals surface area (Å²) in [6.07, 6.45) is 3.91. The van der Waals surface area contributed by atoms with E-state index in [0.29, 0.717) is 5.92 Å². The van der Waals surface area contributed by atoms with Gasteiger partial charge in [0.15, 0.2) is 8.32 Å². The van der Waals surface area contributed by atoms with Crippen molar-refractivity contribution in [3.8, 4) is 11.8 Å². The molecule has 0 amide bonds. The summed E-state index contributed by atoms with van der Waals surface area (Å²) < 4.78 is 6.80. The maximum Gasteiger partial charge on any atom is 0.199 e. The maximum absolute atomic E-state index is 6.80. The molecule has 0 fully saturated rings. The van der Waals surface area contributed by atoms with Crippen LogP contribution in [-0.2, 0) is 4.43 Å². The molecule has 0 bridgehead atoms. The molecule has 0 saturated heterocycles. The Morgan fingerprint density at radius 1 is 1.13 bits per heavy atom. The second-order valence-corrected chi connectivity index (χ2v) is 15.0. The first-order valence-corrected chi connectivity index (χ1v) is 12.8. The number of hydrogen-bond donors (Lipinski definition) is 0. The molecular weight excluding hydrogens is 364 g/mol. The fourth-order valence-corrected chi connectivity index (χ4v) is 4.30. The number of rotatable bonds is 8. The van der Waals surface area contributed by atoms with Gasteiger partial charge in [-0.15, -0.1) is 6.58 Å². The highest BCUT2D eigenvalue weighted by Gasteiger charge is 2.43. The zero-order valence-electron chi connectivity index (χ0n) is 16.8. The molecule has 0 aliphatic rings. The standard InChI is InChI=1S/C20H37BrOSi/c1-11-12-19(7,8)15-20(17(2)3,14-13-18(4,5)6)22-23(9,10)16-21/h11,17H,1,12,15-16H2,2-10H3. The average molecular weight is 402 g/mol. The largest absolute Gasteiger partial charge is 0.400 e. The molecule has 0 spiro atoms. The summed E-state index contributed by atoms with van der Waals surface area (Å²) >= 11 is 3.65. The van der Waals surface area contributed by atoms with Gasteiger partial charge in [-0.2, -0.15) is 0 Å². The molecule has 134 valence electrons. The van der Waals surface area contributed by atoms with Crippen molar-refractivity contribution in [2.24, 2.45) is 16.7 Å². The molecule has 0 aliphatic heterocycles. The summed E-state index contributed by atoms with van der Waals surface area (Å²) in [7, 11) is -1.81. The van der Waals surface area contributed by atoms with Gasteiger partial charge in [0.05, 0.1) is 0 Å². The Morgan fingerprint density at radius 2 is 1.65 bits per heavy atom. The predicted molar refractivity (Wildman–Crippen MR) is 110 cm³/mol. The number of halogens is 1. The number of allylic oxidation sites excluding steroid dienone is 1. The van der Waals surface area contributed by atoms with Crippen molar-refractivity contribution < 1.29 is 4.43 Å².